The van der Waals surface area contributed by atoms with Crippen LogP contribution in [0.2, 0.25) is 0 Å². The highest BCUT2D eigenvalue weighted by Gasteiger charge is 2.38. The van der Waals surface area contributed by atoms with E-state index >= 15 is 0 Å². The number of carbonyl (C=O) groups excluding carboxylic acids is 2. The molecule has 0 saturated carbocycles. The molecular formula is C28H31N3O3. The van der Waals surface area contributed by atoms with Crippen molar-refractivity contribution in [3.8, 4) is 5.75 Å². The molecular weight excluding hydrogens is 426 g/mol. The number of amides is 2. The maximum absolute atomic E-state index is 13.8. The highest BCUT2D eigenvalue weighted by Crippen LogP contribution is 2.24. The van der Waals surface area contributed by atoms with Crippen LogP contribution in [0.1, 0.15) is 22.7 Å². The van der Waals surface area contributed by atoms with E-state index < -0.39 is 12.1 Å². The number of hydrogen-bond donors (Lipinski definition) is 1. The summed E-state index contributed by atoms with van der Waals surface area (Å²) in [5.41, 5.74) is 2.85. The van der Waals surface area contributed by atoms with Gasteiger partial charge in [0, 0.05) is 38.7 Å². The Morgan fingerprint density at radius 2 is 1.68 bits per heavy atom. The van der Waals surface area contributed by atoms with E-state index in [1.54, 1.807) is 24.0 Å². The highest BCUT2D eigenvalue weighted by molar-refractivity contribution is 5.91. The van der Waals surface area contributed by atoms with Gasteiger partial charge in [-0.15, -0.1) is 0 Å². The molecule has 3 aromatic rings. The third-order valence-electron chi connectivity index (χ3n) is 6.27. The summed E-state index contributed by atoms with van der Waals surface area (Å²) in [6, 6.07) is 26.2. The van der Waals surface area contributed by atoms with Crippen LogP contribution in [0.4, 0.5) is 0 Å². The van der Waals surface area contributed by atoms with E-state index in [0.717, 1.165) is 22.4 Å². The van der Waals surface area contributed by atoms with Crippen molar-refractivity contribution in [3.63, 3.8) is 0 Å². The Morgan fingerprint density at radius 3 is 2.38 bits per heavy atom. The number of para-hydroxylation sites is 1. The Kier molecular flexibility index (Phi) is 7.60. The predicted octanol–water partition coefficient (Wildman–Crippen LogP) is 3.44. The number of nitrogens with zero attached hydrogens (tertiary/aromatic N) is 2. The highest BCUT2D eigenvalue weighted by atomic mass is 16.5. The summed E-state index contributed by atoms with van der Waals surface area (Å²) in [6.07, 6.45) is 0.461. The number of rotatable bonds is 8. The van der Waals surface area contributed by atoms with Crippen LogP contribution in [0.5, 0.6) is 5.75 Å². The zero-order valence-corrected chi connectivity index (χ0v) is 19.7. The van der Waals surface area contributed by atoms with Crippen molar-refractivity contribution < 1.29 is 14.3 Å². The van der Waals surface area contributed by atoms with Crippen molar-refractivity contribution in [1.29, 1.82) is 0 Å². The molecule has 0 aromatic heterocycles. The molecule has 4 rings (SSSR count). The monoisotopic (exact) mass is 457 g/mol. The van der Waals surface area contributed by atoms with Gasteiger partial charge in [0.15, 0.2) is 0 Å². The number of nitrogens with one attached hydrogen (secondary N) is 1. The first-order valence-electron chi connectivity index (χ1n) is 11.6. The minimum atomic E-state index is -0.595. The Balaban J connectivity index is 1.60. The van der Waals surface area contributed by atoms with Crippen LogP contribution < -0.4 is 10.1 Å². The largest absolute Gasteiger partial charge is 0.496 e. The standard InChI is InChI=1S/C28H31N3O3/c1-30(20-23-15-9-10-16-25(23)34-2)27(32)24(19-21-11-5-3-6-12-21)31-18-17-29-26(28(31)33)22-13-7-4-8-14-22/h3-16,24,26,29H,17-20H2,1-2H3/t24-,26?/m1/s1. The van der Waals surface area contributed by atoms with E-state index in [2.05, 4.69) is 5.32 Å². The number of ether oxygens (including phenoxy) is 1. The number of piperazine rings is 1. The summed E-state index contributed by atoms with van der Waals surface area (Å²) in [6.45, 7) is 1.50. The van der Waals surface area contributed by atoms with Gasteiger partial charge in [-0.3, -0.25) is 9.59 Å². The Bertz CT molecular complexity index is 1100. The van der Waals surface area contributed by atoms with Crippen LogP contribution in [0.25, 0.3) is 0 Å². The summed E-state index contributed by atoms with van der Waals surface area (Å²) >= 11 is 0. The molecule has 0 spiro atoms. The van der Waals surface area contributed by atoms with Crippen molar-refractivity contribution >= 4 is 11.8 Å². The fourth-order valence-corrected chi connectivity index (χ4v) is 4.50. The molecule has 1 aliphatic heterocycles. The lowest BCUT2D eigenvalue weighted by Crippen LogP contribution is -2.58. The van der Waals surface area contributed by atoms with Crippen molar-refractivity contribution in [2.45, 2.75) is 25.0 Å². The molecule has 1 heterocycles. The van der Waals surface area contributed by atoms with E-state index in [4.69, 9.17) is 4.74 Å². The number of benzene rings is 3. The molecule has 2 amide bonds. The molecule has 0 radical (unpaired) electrons. The molecule has 6 heteroatoms. The molecule has 1 N–H and O–H groups in total. The first-order valence-corrected chi connectivity index (χ1v) is 11.6. The Morgan fingerprint density at radius 1 is 1.03 bits per heavy atom. The topological polar surface area (TPSA) is 61.9 Å². The predicted molar refractivity (Wildman–Crippen MR) is 132 cm³/mol. The van der Waals surface area contributed by atoms with Gasteiger partial charge in [-0.05, 0) is 17.2 Å². The van der Waals surface area contributed by atoms with Gasteiger partial charge in [-0.1, -0.05) is 78.9 Å². The molecule has 176 valence electrons. The normalized spacial score (nSPS) is 16.7. The lowest BCUT2D eigenvalue weighted by molar-refractivity contribution is -0.148. The van der Waals surface area contributed by atoms with E-state index in [1.807, 2.05) is 84.9 Å². The van der Waals surface area contributed by atoms with Crippen molar-refractivity contribution in [2.24, 2.45) is 0 Å². The maximum atomic E-state index is 13.8. The van der Waals surface area contributed by atoms with Crippen LogP contribution in [0.15, 0.2) is 84.9 Å². The summed E-state index contributed by atoms with van der Waals surface area (Å²) in [5.74, 6) is 0.582. The molecule has 34 heavy (non-hydrogen) atoms. The maximum Gasteiger partial charge on any atom is 0.245 e. The quantitative estimate of drug-likeness (QED) is 0.563. The molecule has 3 aromatic carbocycles. The summed E-state index contributed by atoms with van der Waals surface area (Å²) < 4.78 is 5.47. The van der Waals surface area contributed by atoms with Crippen LogP contribution in [0.3, 0.4) is 0 Å². The number of carbonyl (C=O) groups is 2. The molecule has 1 aliphatic rings. The summed E-state index contributed by atoms with van der Waals surface area (Å²) in [4.78, 5) is 30.9. The second-order valence-corrected chi connectivity index (χ2v) is 8.54. The molecule has 1 unspecified atom stereocenters. The van der Waals surface area contributed by atoms with Gasteiger partial charge in [0.2, 0.25) is 11.8 Å². The van der Waals surface area contributed by atoms with Gasteiger partial charge in [0.25, 0.3) is 0 Å². The fraction of sp³-hybridized carbons (Fsp3) is 0.286. The van der Waals surface area contributed by atoms with Gasteiger partial charge >= 0.3 is 0 Å². The first-order chi connectivity index (χ1) is 16.6. The smallest absolute Gasteiger partial charge is 0.245 e. The minimum Gasteiger partial charge on any atom is -0.496 e. The van der Waals surface area contributed by atoms with Gasteiger partial charge < -0.3 is 19.9 Å². The second-order valence-electron chi connectivity index (χ2n) is 8.54. The summed E-state index contributed by atoms with van der Waals surface area (Å²) in [5, 5.41) is 3.32. The fourth-order valence-electron chi connectivity index (χ4n) is 4.50. The third kappa shape index (κ3) is 5.29. The zero-order chi connectivity index (χ0) is 23.9. The Hall–Kier alpha value is -3.64. The molecule has 1 fully saturated rings. The van der Waals surface area contributed by atoms with Gasteiger partial charge in [-0.25, -0.2) is 0 Å². The van der Waals surface area contributed by atoms with E-state index in [0.29, 0.717) is 26.1 Å². The van der Waals surface area contributed by atoms with E-state index in [9.17, 15) is 9.59 Å². The van der Waals surface area contributed by atoms with Crippen LogP contribution >= 0.6 is 0 Å². The van der Waals surface area contributed by atoms with Crippen molar-refractivity contribution in [2.75, 3.05) is 27.2 Å². The van der Waals surface area contributed by atoms with Crippen molar-refractivity contribution in [1.82, 2.24) is 15.1 Å². The molecule has 2 atom stereocenters. The SMILES string of the molecule is COc1ccccc1CN(C)C(=O)[C@@H](Cc1ccccc1)N1CCNC(c2ccccc2)C1=O. The van der Waals surface area contributed by atoms with Gasteiger partial charge in [-0.2, -0.15) is 0 Å². The number of likely N-dealkylation sites (N-methyl/N-ethyl adjacent to an activating group) is 1. The van der Waals surface area contributed by atoms with Gasteiger partial charge in [0.1, 0.15) is 17.8 Å². The van der Waals surface area contributed by atoms with Crippen LogP contribution in [0, 0.1) is 0 Å². The zero-order valence-electron chi connectivity index (χ0n) is 19.7. The third-order valence-corrected chi connectivity index (χ3v) is 6.27. The molecule has 1 saturated heterocycles. The average molecular weight is 458 g/mol. The minimum absolute atomic E-state index is 0.0718. The van der Waals surface area contributed by atoms with Gasteiger partial charge in [0.05, 0.1) is 7.11 Å². The van der Waals surface area contributed by atoms with Crippen molar-refractivity contribution in [3.05, 3.63) is 102 Å². The number of methoxy groups -OCH3 is 1. The summed E-state index contributed by atoms with van der Waals surface area (Å²) in [7, 11) is 3.41. The van der Waals surface area contributed by atoms with Crippen LogP contribution in [-0.4, -0.2) is 54.9 Å². The van der Waals surface area contributed by atoms with Crippen LogP contribution in [-0.2, 0) is 22.6 Å². The average Bonchev–Trinajstić information content (AvgIpc) is 2.88. The molecule has 0 aliphatic carbocycles. The molecule has 6 nitrogen and oxygen atoms in total. The lowest BCUT2D eigenvalue weighted by Gasteiger charge is -2.39. The first kappa shape index (κ1) is 23.5. The second kappa shape index (κ2) is 11.0. The van der Waals surface area contributed by atoms with E-state index in [1.165, 1.54) is 0 Å². The van der Waals surface area contributed by atoms with E-state index in [-0.39, 0.29) is 11.8 Å². The number of hydrogen-bond acceptors (Lipinski definition) is 4. The molecule has 0 bridgehead atoms. The Labute approximate surface area is 201 Å². The lowest BCUT2D eigenvalue weighted by atomic mass is 9.98.